The molecule has 2 atom stereocenters. The minimum absolute atomic E-state index is 0.0310. The Morgan fingerprint density at radius 2 is 1.97 bits per heavy atom. The van der Waals surface area contributed by atoms with E-state index in [1.54, 1.807) is 19.1 Å². The Morgan fingerprint density at radius 3 is 2.64 bits per heavy atom. The molecule has 0 spiro atoms. The first kappa shape index (κ1) is 23.4. The van der Waals surface area contributed by atoms with Crippen LogP contribution in [0.3, 0.4) is 0 Å². The lowest BCUT2D eigenvalue weighted by molar-refractivity contribution is -0.130. The SMILES string of the molecule is COc1cccc(-n2c(-c3ccccc3)cnc2S[C@H](C)C(=O)N(C)[C@@H]2CCS(=O)(=O)C2)c1. The summed E-state index contributed by atoms with van der Waals surface area (Å²) in [5, 5.41) is 0.240. The van der Waals surface area contributed by atoms with Gasteiger partial charge in [0.15, 0.2) is 15.0 Å². The molecule has 1 aliphatic heterocycles. The van der Waals surface area contributed by atoms with Crippen LogP contribution in [-0.4, -0.2) is 65.7 Å². The predicted octanol–water partition coefficient (Wildman–Crippen LogP) is 3.67. The van der Waals surface area contributed by atoms with Gasteiger partial charge in [-0.2, -0.15) is 0 Å². The Labute approximate surface area is 198 Å². The molecule has 0 saturated carbocycles. The number of carbonyl (C=O) groups excluding carboxylic acids is 1. The van der Waals surface area contributed by atoms with Gasteiger partial charge in [-0.25, -0.2) is 13.4 Å². The van der Waals surface area contributed by atoms with E-state index in [1.165, 1.54) is 11.8 Å². The highest BCUT2D eigenvalue weighted by atomic mass is 32.2. The molecule has 3 aromatic rings. The van der Waals surface area contributed by atoms with Gasteiger partial charge in [-0.1, -0.05) is 48.2 Å². The van der Waals surface area contributed by atoms with Crippen LogP contribution in [0, 0.1) is 0 Å². The van der Waals surface area contributed by atoms with Gasteiger partial charge in [-0.15, -0.1) is 0 Å². The lowest BCUT2D eigenvalue weighted by atomic mass is 10.1. The van der Waals surface area contributed by atoms with E-state index in [1.807, 2.05) is 72.3 Å². The van der Waals surface area contributed by atoms with Gasteiger partial charge in [0.05, 0.1) is 41.4 Å². The minimum atomic E-state index is -3.06. The number of rotatable bonds is 7. The number of imidazole rings is 1. The number of carbonyl (C=O) groups is 1. The summed E-state index contributed by atoms with van der Waals surface area (Å²) in [5.41, 5.74) is 2.79. The summed E-state index contributed by atoms with van der Waals surface area (Å²) < 4.78 is 31.1. The maximum Gasteiger partial charge on any atom is 0.235 e. The average molecular weight is 486 g/mol. The summed E-state index contributed by atoms with van der Waals surface area (Å²) in [6.07, 6.45) is 2.29. The lowest BCUT2D eigenvalue weighted by Crippen LogP contribution is -2.41. The van der Waals surface area contributed by atoms with Crippen molar-refractivity contribution in [2.75, 3.05) is 25.7 Å². The monoisotopic (exact) mass is 485 g/mol. The maximum atomic E-state index is 13.1. The standard InChI is InChI=1S/C24H27N3O4S2/c1-17(23(28)26(2)20-12-13-33(29,30)16-20)32-24-25-15-22(18-8-5-4-6-9-18)27(24)19-10-7-11-21(14-19)31-3/h4-11,14-15,17,20H,12-13,16H2,1-3H3/t17-,20-/m1/s1. The summed E-state index contributed by atoms with van der Waals surface area (Å²) in [5.74, 6) is 0.784. The van der Waals surface area contributed by atoms with Crippen LogP contribution >= 0.6 is 11.8 Å². The first-order chi connectivity index (χ1) is 15.8. The molecule has 33 heavy (non-hydrogen) atoms. The van der Waals surface area contributed by atoms with Crippen LogP contribution in [0.2, 0.25) is 0 Å². The fraction of sp³-hybridized carbons (Fsp3) is 0.333. The average Bonchev–Trinajstić information content (AvgIpc) is 3.41. The fourth-order valence-corrected chi connectivity index (χ4v) is 6.77. The molecule has 1 fully saturated rings. The minimum Gasteiger partial charge on any atom is -0.497 e. The molecule has 174 valence electrons. The van der Waals surface area contributed by atoms with Gasteiger partial charge in [0.2, 0.25) is 5.91 Å². The number of sulfone groups is 1. The predicted molar refractivity (Wildman–Crippen MR) is 131 cm³/mol. The highest BCUT2D eigenvalue weighted by molar-refractivity contribution is 8.00. The second kappa shape index (κ2) is 9.61. The van der Waals surface area contributed by atoms with Gasteiger partial charge in [-0.3, -0.25) is 9.36 Å². The molecular formula is C24H27N3O4S2. The molecule has 0 radical (unpaired) electrons. The highest BCUT2D eigenvalue weighted by Crippen LogP contribution is 2.33. The first-order valence-electron chi connectivity index (χ1n) is 10.7. The van der Waals surface area contributed by atoms with Gasteiger partial charge in [0.25, 0.3) is 0 Å². The fourth-order valence-electron chi connectivity index (χ4n) is 3.99. The molecule has 2 heterocycles. The van der Waals surface area contributed by atoms with Crippen molar-refractivity contribution in [2.45, 2.75) is 29.8 Å². The van der Waals surface area contributed by atoms with Crippen LogP contribution in [0.1, 0.15) is 13.3 Å². The van der Waals surface area contributed by atoms with E-state index < -0.39 is 15.1 Å². The Bertz CT molecular complexity index is 1240. The Kier molecular flexibility index (Phi) is 6.81. The van der Waals surface area contributed by atoms with E-state index >= 15 is 0 Å². The van der Waals surface area contributed by atoms with Gasteiger partial charge in [0, 0.05) is 24.7 Å². The summed E-state index contributed by atoms with van der Waals surface area (Å²) >= 11 is 1.36. The summed E-state index contributed by atoms with van der Waals surface area (Å²) in [6, 6.07) is 17.4. The van der Waals surface area contributed by atoms with Gasteiger partial charge >= 0.3 is 0 Å². The maximum absolute atomic E-state index is 13.1. The summed E-state index contributed by atoms with van der Waals surface area (Å²) in [7, 11) is 0.251. The van der Waals surface area contributed by atoms with Crippen molar-refractivity contribution in [1.29, 1.82) is 0 Å². The number of methoxy groups -OCH3 is 1. The normalized spacial score (nSPS) is 18.1. The molecule has 1 amide bonds. The van der Waals surface area contributed by atoms with Crippen LogP contribution in [0.15, 0.2) is 66.0 Å². The smallest absolute Gasteiger partial charge is 0.235 e. The second-order valence-corrected chi connectivity index (χ2v) is 11.6. The first-order valence-corrected chi connectivity index (χ1v) is 13.4. The van der Waals surface area contributed by atoms with E-state index in [0.29, 0.717) is 11.6 Å². The van der Waals surface area contributed by atoms with E-state index in [2.05, 4.69) is 4.98 Å². The quantitative estimate of drug-likeness (QED) is 0.475. The topological polar surface area (TPSA) is 81.5 Å². The van der Waals surface area contributed by atoms with Crippen molar-refractivity contribution in [3.8, 4) is 22.7 Å². The number of nitrogens with zero attached hydrogens (tertiary/aromatic N) is 3. The molecule has 1 aromatic heterocycles. The molecule has 1 aliphatic rings. The third kappa shape index (κ3) is 5.09. The van der Waals surface area contributed by atoms with Crippen molar-refractivity contribution in [2.24, 2.45) is 0 Å². The van der Waals surface area contributed by atoms with Crippen molar-refractivity contribution < 1.29 is 17.9 Å². The lowest BCUT2D eigenvalue weighted by Gasteiger charge is -2.26. The molecule has 4 rings (SSSR count). The summed E-state index contributed by atoms with van der Waals surface area (Å²) in [6.45, 7) is 1.83. The van der Waals surface area contributed by atoms with Crippen LogP contribution < -0.4 is 4.74 Å². The molecule has 0 unspecified atom stereocenters. The second-order valence-electron chi connectivity index (χ2n) is 8.10. The highest BCUT2D eigenvalue weighted by Gasteiger charge is 2.34. The molecule has 0 bridgehead atoms. The molecule has 9 heteroatoms. The number of thioether (sulfide) groups is 1. The summed E-state index contributed by atoms with van der Waals surface area (Å²) in [4.78, 5) is 19.4. The van der Waals surface area contributed by atoms with E-state index in [9.17, 15) is 13.2 Å². The van der Waals surface area contributed by atoms with Crippen molar-refractivity contribution in [1.82, 2.24) is 14.5 Å². The Morgan fingerprint density at radius 1 is 1.21 bits per heavy atom. The van der Waals surface area contributed by atoms with Crippen LogP contribution in [0.5, 0.6) is 5.75 Å². The number of ether oxygens (including phenoxy) is 1. The Balaban J connectivity index is 1.65. The molecule has 1 saturated heterocycles. The van der Waals surface area contributed by atoms with Gasteiger partial charge in [-0.05, 0) is 25.5 Å². The van der Waals surface area contributed by atoms with Gasteiger partial charge < -0.3 is 9.64 Å². The van der Waals surface area contributed by atoms with Crippen LogP contribution in [-0.2, 0) is 14.6 Å². The number of aromatic nitrogens is 2. The van der Waals surface area contributed by atoms with E-state index in [4.69, 9.17) is 4.74 Å². The van der Waals surface area contributed by atoms with Crippen molar-refractivity contribution in [3.63, 3.8) is 0 Å². The van der Waals surface area contributed by atoms with E-state index in [0.717, 1.165) is 22.7 Å². The van der Waals surface area contributed by atoms with Crippen molar-refractivity contribution in [3.05, 3.63) is 60.8 Å². The zero-order chi connectivity index (χ0) is 23.6. The number of hydrogen-bond acceptors (Lipinski definition) is 6. The number of benzene rings is 2. The zero-order valence-corrected chi connectivity index (χ0v) is 20.5. The van der Waals surface area contributed by atoms with Crippen molar-refractivity contribution >= 4 is 27.5 Å². The molecule has 0 aliphatic carbocycles. The molecule has 2 aromatic carbocycles. The molecular weight excluding hydrogens is 458 g/mol. The third-order valence-corrected chi connectivity index (χ3v) is 8.65. The van der Waals surface area contributed by atoms with E-state index in [-0.39, 0.29) is 23.5 Å². The molecule has 7 nitrogen and oxygen atoms in total. The number of amides is 1. The zero-order valence-electron chi connectivity index (χ0n) is 18.8. The third-order valence-electron chi connectivity index (χ3n) is 5.84. The van der Waals surface area contributed by atoms with Gasteiger partial charge in [0.1, 0.15) is 5.75 Å². The molecule has 0 N–H and O–H groups in total. The van der Waals surface area contributed by atoms with Crippen LogP contribution in [0.4, 0.5) is 0 Å². The Hall–Kier alpha value is -2.78. The van der Waals surface area contributed by atoms with Crippen LogP contribution in [0.25, 0.3) is 16.9 Å². The number of hydrogen-bond donors (Lipinski definition) is 0. The largest absolute Gasteiger partial charge is 0.497 e.